The number of nitrogens with one attached hydrogen (secondary N) is 1. The number of rotatable bonds is 4. The molecule has 98 valence electrons. The topological polar surface area (TPSA) is 59.1 Å². The molecule has 0 saturated carbocycles. The number of hydrogen-bond acceptors (Lipinski definition) is 2. The van der Waals surface area contributed by atoms with Crippen LogP contribution in [-0.4, -0.2) is 5.84 Å². The van der Waals surface area contributed by atoms with E-state index in [2.05, 4.69) is 15.9 Å². The van der Waals surface area contributed by atoms with Crippen molar-refractivity contribution >= 4 is 21.8 Å². The van der Waals surface area contributed by atoms with Gasteiger partial charge in [-0.25, -0.2) is 4.39 Å². The molecule has 0 aliphatic carbocycles. The standard InChI is InChI=1S/C14H12BrFN2O/c15-11-3-1-2-4-13(11)19-8-10-6-5-9(14(17)18)7-12(10)16/h1-7H,8H2,(H3,17,18). The molecule has 0 amide bonds. The molecule has 3 N–H and O–H groups in total. The lowest BCUT2D eigenvalue weighted by Crippen LogP contribution is -2.12. The van der Waals surface area contributed by atoms with Crippen molar-refractivity contribution in [2.45, 2.75) is 6.61 Å². The van der Waals surface area contributed by atoms with Crippen LogP contribution in [0.5, 0.6) is 5.75 Å². The molecule has 0 heterocycles. The third-order valence-electron chi connectivity index (χ3n) is 2.58. The smallest absolute Gasteiger partial charge is 0.133 e. The summed E-state index contributed by atoms with van der Waals surface area (Å²) in [5, 5.41) is 7.24. The zero-order chi connectivity index (χ0) is 13.8. The molecule has 0 aliphatic heterocycles. The summed E-state index contributed by atoms with van der Waals surface area (Å²) in [6.07, 6.45) is 0. The van der Waals surface area contributed by atoms with Gasteiger partial charge in [0, 0.05) is 11.1 Å². The minimum absolute atomic E-state index is 0.118. The Bertz CT molecular complexity index is 616. The van der Waals surface area contributed by atoms with Gasteiger partial charge in [-0.1, -0.05) is 24.3 Å². The maximum Gasteiger partial charge on any atom is 0.133 e. The highest BCUT2D eigenvalue weighted by Crippen LogP contribution is 2.25. The highest BCUT2D eigenvalue weighted by Gasteiger charge is 2.07. The van der Waals surface area contributed by atoms with Crippen LogP contribution in [0, 0.1) is 11.2 Å². The van der Waals surface area contributed by atoms with Crippen LogP contribution in [0.25, 0.3) is 0 Å². The quantitative estimate of drug-likeness (QED) is 0.669. The highest BCUT2D eigenvalue weighted by atomic mass is 79.9. The third-order valence-corrected chi connectivity index (χ3v) is 3.24. The SMILES string of the molecule is N=C(N)c1ccc(COc2ccccc2Br)c(F)c1. The first-order chi connectivity index (χ1) is 9.08. The Balaban J connectivity index is 2.12. The fourth-order valence-electron chi connectivity index (χ4n) is 1.55. The molecule has 0 unspecified atom stereocenters. The van der Waals surface area contributed by atoms with Gasteiger partial charge in [-0.05, 0) is 34.1 Å². The molecular weight excluding hydrogens is 311 g/mol. The maximum absolute atomic E-state index is 13.8. The van der Waals surface area contributed by atoms with Gasteiger partial charge in [-0.15, -0.1) is 0 Å². The first kappa shape index (κ1) is 13.5. The second-order valence-electron chi connectivity index (χ2n) is 3.94. The predicted molar refractivity (Wildman–Crippen MR) is 75.9 cm³/mol. The van der Waals surface area contributed by atoms with Crippen LogP contribution in [0.2, 0.25) is 0 Å². The van der Waals surface area contributed by atoms with Crippen LogP contribution in [0.4, 0.5) is 4.39 Å². The Hall–Kier alpha value is -1.88. The normalized spacial score (nSPS) is 10.2. The van der Waals surface area contributed by atoms with Gasteiger partial charge in [0.15, 0.2) is 0 Å². The molecular formula is C14H12BrFN2O. The molecule has 0 spiro atoms. The summed E-state index contributed by atoms with van der Waals surface area (Å²) in [4.78, 5) is 0. The lowest BCUT2D eigenvalue weighted by atomic mass is 10.1. The van der Waals surface area contributed by atoms with Crippen LogP contribution in [0.15, 0.2) is 46.9 Å². The molecule has 5 heteroatoms. The van der Waals surface area contributed by atoms with E-state index in [1.807, 2.05) is 18.2 Å². The molecule has 2 rings (SSSR count). The largest absolute Gasteiger partial charge is 0.488 e. The van der Waals surface area contributed by atoms with Gasteiger partial charge in [0.2, 0.25) is 0 Å². The second-order valence-corrected chi connectivity index (χ2v) is 4.79. The summed E-state index contributed by atoms with van der Waals surface area (Å²) in [6.45, 7) is 0.118. The molecule has 2 aromatic rings. The second kappa shape index (κ2) is 5.84. The molecule has 0 radical (unpaired) electrons. The van der Waals surface area contributed by atoms with Crippen molar-refractivity contribution in [3.63, 3.8) is 0 Å². The number of amidine groups is 1. The average molecular weight is 323 g/mol. The van der Waals surface area contributed by atoms with E-state index in [9.17, 15) is 4.39 Å². The Morgan fingerprint density at radius 1 is 1.26 bits per heavy atom. The fourth-order valence-corrected chi connectivity index (χ4v) is 1.95. The summed E-state index contributed by atoms with van der Waals surface area (Å²) in [7, 11) is 0. The molecule has 3 nitrogen and oxygen atoms in total. The lowest BCUT2D eigenvalue weighted by molar-refractivity contribution is 0.298. The van der Waals surface area contributed by atoms with Gasteiger partial charge in [-0.2, -0.15) is 0 Å². The van der Waals surface area contributed by atoms with Crippen molar-refractivity contribution in [2.24, 2.45) is 5.73 Å². The van der Waals surface area contributed by atoms with Gasteiger partial charge < -0.3 is 10.5 Å². The Morgan fingerprint density at radius 2 is 2.00 bits per heavy atom. The van der Waals surface area contributed by atoms with Crippen molar-refractivity contribution in [3.05, 3.63) is 63.9 Å². The molecule has 19 heavy (non-hydrogen) atoms. The maximum atomic E-state index is 13.8. The summed E-state index contributed by atoms with van der Waals surface area (Å²) in [5.41, 5.74) is 6.08. The number of nitrogens with two attached hydrogens (primary N) is 1. The van der Waals surface area contributed by atoms with Crippen molar-refractivity contribution in [2.75, 3.05) is 0 Å². The molecule has 0 bridgehead atoms. The van der Waals surface area contributed by atoms with Gasteiger partial charge in [0.05, 0.1) is 4.47 Å². The first-order valence-electron chi connectivity index (χ1n) is 5.58. The summed E-state index contributed by atoms with van der Waals surface area (Å²) in [6, 6.07) is 11.8. The predicted octanol–water partition coefficient (Wildman–Crippen LogP) is 3.45. The van der Waals surface area contributed by atoms with Crippen LogP contribution in [0.3, 0.4) is 0 Å². The Labute approximate surface area is 118 Å². The zero-order valence-corrected chi connectivity index (χ0v) is 11.6. The molecule has 0 aromatic heterocycles. The third kappa shape index (κ3) is 3.32. The van der Waals surface area contributed by atoms with E-state index in [4.69, 9.17) is 15.9 Å². The summed E-state index contributed by atoms with van der Waals surface area (Å²) in [5.74, 6) is 0.0643. The number of para-hydroxylation sites is 1. The lowest BCUT2D eigenvalue weighted by Gasteiger charge is -2.09. The van der Waals surface area contributed by atoms with Crippen LogP contribution >= 0.6 is 15.9 Å². The monoisotopic (exact) mass is 322 g/mol. The van der Waals surface area contributed by atoms with E-state index < -0.39 is 5.82 Å². The van der Waals surface area contributed by atoms with E-state index >= 15 is 0 Å². The van der Waals surface area contributed by atoms with Crippen molar-refractivity contribution in [3.8, 4) is 5.75 Å². The highest BCUT2D eigenvalue weighted by molar-refractivity contribution is 9.10. The van der Waals surface area contributed by atoms with Crippen molar-refractivity contribution in [1.29, 1.82) is 5.41 Å². The average Bonchev–Trinajstić information content (AvgIpc) is 2.39. The molecule has 0 atom stereocenters. The van der Waals surface area contributed by atoms with Crippen molar-refractivity contribution in [1.82, 2.24) is 0 Å². The summed E-state index contributed by atoms with van der Waals surface area (Å²) >= 11 is 3.36. The van der Waals surface area contributed by atoms with E-state index in [0.29, 0.717) is 16.9 Å². The van der Waals surface area contributed by atoms with Gasteiger partial charge >= 0.3 is 0 Å². The number of nitrogen functional groups attached to an aromatic ring is 1. The number of benzene rings is 2. The molecule has 0 saturated heterocycles. The number of hydrogen-bond donors (Lipinski definition) is 2. The van der Waals surface area contributed by atoms with Crippen LogP contribution < -0.4 is 10.5 Å². The molecule has 0 aliphatic rings. The van der Waals surface area contributed by atoms with Crippen molar-refractivity contribution < 1.29 is 9.13 Å². The van der Waals surface area contributed by atoms with E-state index in [1.54, 1.807) is 18.2 Å². The number of ether oxygens (including phenoxy) is 1. The van der Waals surface area contributed by atoms with Crippen LogP contribution in [0.1, 0.15) is 11.1 Å². The zero-order valence-electron chi connectivity index (χ0n) is 9.99. The van der Waals surface area contributed by atoms with E-state index in [-0.39, 0.29) is 12.4 Å². The van der Waals surface area contributed by atoms with Gasteiger partial charge in [-0.3, -0.25) is 5.41 Å². The minimum atomic E-state index is -0.431. The fraction of sp³-hybridized carbons (Fsp3) is 0.0714. The minimum Gasteiger partial charge on any atom is -0.488 e. The number of halogens is 2. The van der Waals surface area contributed by atoms with Gasteiger partial charge in [0.25, 0.3) is 0 Å². The van der Waals surface area contributed by atoms with E-state index in [0.717, 1.165) is 4.47 Å². The first-order valence-corrected chi connectivity index (χ1v) is 6.37. The van der Waals surface area contributed by atoms with E-state index in [1.165, 1.54) is 6.07 Å². The Morgan fingerprint density at radius 3 is 2.63 bits per heavy atom. The van der Waals surface area contributed by atoms with Gasteiger partial charge in [0.1, 0.15) is 24.0 Å². The molecule has 0 fully saturated rings. The molecule has 2 aromatic carbocycles. The van der Waals surface area contributed by atoms with Crippen LogP contribution in [-0.2, 0) is 6.61 Å². The summed E-state index contributed by atoms with van der Waals surface area (Å²) < 4.78 is 20.1. The Kier molecular flexibility index (Phi) is 4.16.